The summed E-state index contributed by atoms with van der Waals surface area (Å²) in [6, 6.07) is 3.37. The summed E-state index contributed by atoms with van der Waals surface area (Å²) in [4.78, 5) is -0.0413. The second-order valence-corrected chi connectivity index (χ2v) is 5.90. The lowest BCUT2D eigenvalue weighted by Gasteiger charge is -2.08. The molecule has 0 saturated heterocycles. The zero-order valence-electron chi connectivity index (χ0n) is 11.3. The number of aliphatic hydroxyl groups excluding tert-OH is 1. The fourth-order valence-electron chi connectivity index (χ4n) is 1.51. The van der Waals surface area contributed by atoms with Gasteiger partial charge >= 0.3 is 0 Å². The largest absolute Gasteiger partial charge is 0.395 e. The number of nitrogens with one attached hydrogen (secondary N) is 1. The Kier molecular flexibility index (Phi) is 6.65. The Balaban J connectivity index is 3.08. The van der Waals surface area contributed by atoms with E-state index in [0.717, 1.165) is 25.0 Å². The highest BCUT2D eigenvalue weighted by Gasteiger charge is 2.17. The van der Waals surface area contributed by atoms with E-state index < -0.39 is 15.8 Å². The Labute approximate surface area is 119 Å². The van der Waals surface area contributed by atoms with E-state index in [-0.39, 0.29) is 23.5 Å². The quantitative estimate of drug-likeness (QED) is 0.620. The average Bonchev–Trinajstić information content (AvgIpc) is 2.39. The van der Waals surface area contributed by atoms with Crippen molar-refractivity contribution in [2.45, 2.75) is 31.1 Å². The second kappa shape index (κ2) is 8.00. The van der Waals surface area contributed by atoms with Crippen LogP contribution in [0.2, 0.25) is 0 Å². The maximum atomic E-state index is 13.2. The van der Waals surface area contributed by atoms with E-state index in [2.05, 4.69) is 16.6 Å². The second-order valence-electron chi connectivity index (χ2n) is 4.17. The summed E-state index contributed by atoms with van der Waals surface area (Å²) in [7, 11) is -3.70. The van der Waals surface area contributed by atoms with Crippen molar-refractivity contribution in [3.63, 3.8) is 0 Å². The molecule has 0 unspecified atom stereocenters. The van der Waals surface area contributed by atoms with Crippen LogP contribution in [0, 0.1) is 17.7 Å². The van der Waals surface area contributed by atoms with Gasteiger partial charge in [0.05, 0.1) is 11.5 Å². The van der Waals surface area contributed by atoms with Crippen LogP contribution in [0.15, 0.2) is 23.1 Å². The van der Waals surface area contributed by atoms with Crippen molar-refractivity contribution in [1.82, 2.24) is 4.72 Å². The first-order chi connectivity index (χ1) is 9.51. The molecule has 1 aromatic carbocycles. The Bertz CT molecular complexity index is 603. The molecule has 0 radical (unpaired) electrons. The molecule has 0 bridgehead atoms. The molecule has 0 heterocycles. The van der Waals surface area contributed by atoms with Crippen LogP contribution in [0.5, 0.6) is 0 Å². The van der Waals surface area contributed by atoms with Gasteiger partial charge in [-0.15, -0.1) is 0 Å². The van der Waals surface area contributed by atoms with Crippen LogP contribution in [0.1, 0.15) is 31.7 Å². The minimum atomic E-state index is -3.70. The van der Waals surface area contributed by atoms with Gasteiger partial charge in [-0.1, -0.05) is 25.2 Å². The summed E-state index contributed by atoms with van der Waals surface area (Å²) < 4.78 is 39.9. The van der Waals surface area contributed by atoms with E-state index in [1.54, 1.807) is 0 Å². The summed E-state index contributed by atoms with van der Waals surface area (Å²) in [5, 5.41) is 8.66. The molecule has 2 N–H and O–H groups in total. The Morgan fingerprint density at radius 1 is 1.40 bits per heavy atom. The lowest BCUT2D eigenvalue weighted by Crippen LogP contribution is -2.25. The summed E-state index contributed by atoms with van der Waals surface area (Å²) >= 11 is 0. The van der Waals surface area contributed by atoms with Crippen LogP contribution in [0.25, 0.3) is 0 Å². The third kappa shape index (κ3) is 4.93. The first-order valence-corrected chi connectivity index (χ1v) is 7.88. The van der Waals surface area contributed by atoms with Gasteiger partial charge in [-0.2, -0.15) is 0 Å². The lowest BCUT2D eigenvalue weighted by molar-refractivity contribution is 0.305. The summed E-state index contributed by atoms with van der Waals surface area (Å²) in [5.74, 6) is 4.63. The number of unbranched alkanes of at least 4 members (excludes halogenated alkanes) is 1. The first-order valence-electron chi connectivity index (χ1n) is 6.40. The summed E-state index contributed by atoms with van der Waals surface area (Å²) in [6.07, 6.45) is 1.81. The lowest BCUT2D eigenvalue weighted by atomic mass is 10.2. The van der Waals surface area contributed by atoms with Crippen molar-refractivity contribution >= 4 is 10.0 Å². The van der Waals surface area contributed by atoms with Crippen molar-refractivity contribution in [1.29, 1.82) is 0 Å². The standard InChI is InChI=1S/C14H18FNO3S/c1-2-3-9-16-20(18,19)14-8-7-13(15)11-12(14)6-4-5-10-17/h7-8,11,16-17H,2-3,5,9-10H2,1H3. The number of hydrogen-bond donors (Lipinski definition) is 2. The molecule has 1 aromatic rings. The van der Waals surface area contributed by atoms with Crippen LogP contribution >= 0.6 is 0 Å². The fraction of sp³-hybridized carbons (Fsp3) is 0.429. The number of hydrogen-bond acceptors (Lipinski definition) is 3. The van der Waals surface area contributed by atoms with Gasteiger partial charge in [0.2, 0.25) is 10.0 Å². The molecular formula is C14H18FNO3S. The molecule has 0 amide bonds. The molecule has 0 aromatic heterocycles. The molecule has 0 spiro atoms. The molecular weight excluding hydrogens is 281 g/mol. The number of rotatable bonds is 6. The van der Waals surface area contributed by atoms with E-state index in [4.69, 9.17) is 5.11 Å². The maximum absolute atomic E-state index is 13.2. The molecule has 0 fully saturated rings. The first kappa shape index (κ1) is 16.6. The van der Waals surface area contributed by atoms with Gasteiger partial charge in [0.1, 0.15) is 5.82 Å². The minimum Gasteiger partial charge on any atom is -0.395 e. The number of aliphatic hydroxyl groups is 1. The molecule has 4 nitrogen and oxygen atoms in total. The predicted molar refractivity (Wildman–Crippen MR) is 75.1 cm³/mol. The molecule has 0 aliphatic carbocycles. The van der Waals surface area contributed by atoms with E-state index in [9.17, 15) is 12.8 Å². The number of sulfonamides is 1. The molecule has 6 heteroatoms. The van der Waals surface area contributed by atoms with Crippen molar-refractivity contribution in [3.05, 3.63) is 29.6 Å². The molecule has 0 aliphatic rings. The average molecular weight is 299 g/mol. The Hall–Kier alpha value is -1.42. The summed E-state index contributed by atoms with van der Waals surface area (Å²) in [5.41, 5.74) is 0.0995. The van der Waals surface area contributed by atoms with E-state index in [0.29, 0.717) is 6.54 Å². The van der Waals surface area contributed by atoms with Crippen molar-refractivity contribution in [2.75, 3.05) is 13.2 Å². The van der Waals surface area contributed by atoms with E-state index >= 15 is 0 Å². The normalized spacial score (nSPS) is 10.9. The minimum absolute atomic E-state index is 0.0413. The number of halogens is 1. The van der Waals surface area contributed by atoms with Crippen molar-refractivity contribution < 1.29 is 17.9 Å². The van der Waals surface area contributed by atoms with Crippen LogP contribution in [-0.2, 0) is 10.0 Å². The molecule has 0 saturated carbocycles. The molecule has 0 aliphatic heterocycles. The topological polar surface area (TPSA) is 66.4 Å². The van der Waals surface area contributed by atoms with Gasteiger partial charge in [-0.05, 0) is 24.6 Å². The van der Waals surface area contributed by atoms with Crippen molar-refractivity contribution in [2.24, 2.45) is 0 Å². The van der Waals surface area contributed by atoms with Crippen LogP contribution in [0.3, 0.4) is 0 Å². The monoisotopic (exact) mass is 299 g/mol. The van der Waals surface area contributed by atoms with Crippen LogP contribution in [0.4, 0.5) is 4.39 Å². The molecule has 20 heavy (non-hydrogen) atoms. The third-order valence-electron chi connectivity index (χ3n) is 2.51. The Morgan fingerprint density at radius 2 is 2.15 bits per heavy atom. The highest BCUT2D eigenvalue weighted by atomic mass is 32.2. The van der Waals surface area contributed by atoms with Gasteiger partial charge in [-0.3, -0.25) is 0 Å². The van der Waals surface area contributed by atoms with E-state index in [1.165, 1.54) is 6.07 Å². The molecule has 110 valence electrons. The smallest absolute Gasteiger partial charge is 0.241 e. The number of benzene rings is 1. The zero-order valence-corrected chi connectivity index (χ0v) is 12.1. The predicted octanol–water partition coefficient (Wildman–Crippen LogP) is 1.64. The van der Waals surface area contributed by atoms with Crippen molar-refractivity contribution in [3.8, 4) is 11.8 Å². The van der Waals surface area contributed by atoms with Gasteiger partial charge in [0.15, 0.2) is 0 Å². The molecule has 0 atom stereocenters. The zero-order chi connectivity index (χ0) is 15.0. The molecule has 1 rings (SSSR count). The van der Waals surface area contributed by atoms with Crippen LogP contribution < -0.4 is 4.72 Å². The van der Waals surface area contributed by atoms with Gasteiger partial charge < -0.3 is 5.11 Å². The SMILES string of the molecule is CCCCNS(=O)(=O)c1ccc(F)cc1C#CCCO. The highest BCUT2D eigenvalue weighted by molar-refractivity contribution is 7.89. The summed E-state index contributed by atoms with van der Waals surface area (Å²) in [6.45, 7) is 2.16. The van der Waals surface area contributed by atoms with Gasteiger partial charge in [-0.25, -0.2) is 17.5 Å². The third-order valence-corrected chi connectivity index (χ3v) is 4.03. The van der Waals surface area contributed by atoms with Crippen LogP contribution in [-0.4, -0.2) is 26.7 Å². The maximum Gasteiger partial charge on any atom is 0.241 e. The van der Waals surface area contributed by atoms with E-state index in [1.807, 2.05) is 6.92 Å². The van der Waals surface area contributed by atoms with Gasteiger partial charge in [0.25, 0.3) is 0 Å². The Morgan fingerprint density at radius 3 is 2.80 bits per heavy atom. The fourth-order valence-corrected chi connectivity index (χ4v) is 2.72. The van der Waals surface area contributed by atoms with Gasteiger partial charge in [0, 0.05) is 18.5 Å². The highest BCUT2D eigenvalue weighted by Crippen LogP contribution is 2.16.